The molecule has 3 amide bonds. The molecule has 1 aromatic carbocycles. The number of benzene rings is 1. The van der Waals surface area contributed by atoms with E-state index in [0.29, 0.717) is 36.6 Å². The Kier molecular flexibility index (Phi) is 5.81. The van der Waals surface area contributed by atoms with Gasteiger partial charge in [-0.3, -0.25) is 14.4 Å². The molecule has 7 heteroatoms. The molecule has 2 N–H and O–H groups in total. The third-order valence-electron chi connectivity index (χ3n) is 4.93. The van der Waals surface area contributed by atoms with Gasteiger partial charge in [0, 0.05) is 24.9 Å². The summed E-state index contributed by atoms with van der Waals surface area (Å²) in [5.41, 5.74) is 1.54. The fraction of sp³-hybridized carbons (Fsp3) is 0.526. The molecule has 0 aromatic heterocycles. The summed E-state index contributed by atoms with van der Waals surface area (Å²) in [5.74, 6) is -0.135. The van der Waals surface area contributed by atoms with E-state index in [9.17, 15) is 14.4 Å². The number of likely N-dealkylation sites (tertiary alicyclic amines) is 1. The lowest BCUT2D eigenvalue weighted by Crippen LogP contribution is -2.44. The Morgan fingerprint density at radius 1 is 1.12 bits per heavy atom. The van der Waals surface area contributed by atoms with Gasteiger partial charge in [-0.15, -0.1) is 0 Å². The normalized spacial score (nSPS) is 17.7. The van der Waals surface area contributed by atoms with E-state index in [1.165, 1.54) is 0 Å². The number of hydrogen-bond donors (Lipinski definition) is 2. The molecule has 0 unspecified atom stereocenters. The lowest BCUT2D eigenvalue weighted by molar-refractivity contribution is -0.136. The number of nitrogens with one attached hydrogen (secondary N) is 2. The van der Waals surface area contributed by atoms with E-state index >= 15 is 0 Å². The minimum absolute atomic E-state index is 0.0930. The molecular formula is C19H24ClN3O3. The largest absolute Gasteiger partial charge is 0.347 e. The van der Waals surface area contributed by atoms with Gasteiger partial charge in [-0.25, -0.2) is 0 Å². The number of carbonyl (C=O) groups is 3. The van der Waals surface area contributed by atoms with E-state index in [0.717, 1.165) is 18.4 Å². The Morgan fingerprint density at radius 2 is 1.81 bits per heavy atom. The molecule has 1 aliphatic heterocycles. The van der Waals surface area contributed by atoms with E-state index in [1.54, 1.807) is 12.1 Å². The highest BCUT2D eigenvalue weighted by atomic mass is 35.5. The predicted octanol–water partition coefficient (Wildman–Crippen LogP) is 2.35. The smallest absolute Gasteiger partial charge is 0.243 e. The van der Waals surface area contributed by atoms with E-state index in [4.69, 9.17) is 11.6 Å². The maximum atomic E-state index is 12.3. The van der Waals surface area contributed by atoms with Crippen LogP contribution in [-0.4, -0.2) is 42.3 Å². The molecule has 0 radical (unpaired) electrons. The van der Waals surface area contributed by atoms with E-state index in [1.807, 2.05) is 17.9 Å². The van der Waals surface area contributed by atoms with Crippen molar-refractivity contribution in [3.63, 3.8) is 0 Å². The van der Waals surface area contributed by atoms with Crippen LogP contribution in [0.5, 0.6) is 0 Å². The van der Waals surface area contributed by atoms with Crippen LogP contribution in [0.25, 0.3) is 0 Å². The first-order chi connectivity index (χ1) is 12.4. The average Bonchev–Trinajstić information content (AvgIpc) is 3.47. The van der Waals surface area contributed by atoms with E-state index in [2.05, 4.69) is 10.6 Å². The van der Waals surface area contributed by atoms with Crippen LogP contribution in [0.3, 0.4) is 0 Å². The van der Waals surface area contributed by atoms with Gasteiger partial charge in [0.05, 0.1) is 17.3 Å². The molecule has 6 nitrogen and oxygen atoms in total. The van der Waals surface area contributed by atoms with E-state index < -0.39 is 0 Å². The molecule has 1 saturated carbocycles. The zero-order valence-corrected chi connectivity index (χ0v) is 15.6. The van der Waals surface area contributed by atoms with Crippen LogP contribution >= 0.6 is 11.6 Å². The molecule has 1 saturated heterocycles. The van der Waals surface area contributed by atoms with Crippen LogP contribution in [0, 0.1) is 18.8 Å². The zero-order chi connectivity index (χ0) is 18.7. The topological polar surface area (TPSA) is 78.5 Å². The number of carbonyl (C=O) groups excluding carboxylic acids is 3. The molecular weight excluding hydrogens is 354 g/mol. The molecule has 2 fully saturated rings. The first kappa shape index (κ1) is 18.7. The van der Waals surface area contributed by atoms with Crippen molar-refractivity contribution in [2.45, 2.75) is 32.6 Å². The first-order valence-corrected chi connectivity index (χ1v) is 9.44. The Hall–Kier alpha value is -2.08. The molecule has 0 spiro atoms. The summed E-state index contributed by atoms with van der Waals surface area (Å²) in [7, 11) is 0. The average molecular weight is 378 g/mol. The first-order valence-electron chi connectivity index (χ1n) is 9.06. The Labute approximate surface area is 158 Å². The maximum absolute atomic E-state index is 12.3. The van der Waals surface area contributed by atoms with Crippen molar-refractivity contribution in [3.8, 4) is 0 Å². The van der Waals surface area contributed by atoms with Crippen molar-refractivity contribution in [2.24, 2.45) is 11.8 Å². The van der Waals surface area contributed by atoms with Gasteiger partial charge in [0.2, 0.25) is 17.7 Å². The van der Waals surface area contributed by atoms with Gasteiger partial charge in [-0.1, -0.05) is 17.7 Å². The number of anilines is 1. The molecule has 2 aliphatic rings. The highest BCUT2D eigenvalue weighted by Crippen LogP contribution is 2.32. The molecule has 140 valence electrons. The summed E-state index contributed by atoms with van der Waals surface area (Å²) in [6.45, 7) is 3.07. The highest BCUT2D eigenvalue weighted by molar-refractivity contribution is 6.33. The number of halogens is 1. The van der Waals surface area contributed by atoms with Crippen molar-refractivity contribution in [2.75, 3.05) is 25.0 Å². The second-order valence-corrected chi connectivity index (χ2v) is 7.53. The summed E-state index contributed by atoms with van der Waals surface area (Å²) in [6, 6.07) is 5.37. The van der Waals surface area contributed by atoms with Crippen LogP contribution in [0.15, 0.2) is 18.2 Å². The number of aryl methyl sites for hydroxylation is 1. The Balaban J connectivity index is 1.41. The summed E-state index contributed by atoms with van der Waals surface area (Å²) in [6.07, 6.45) is 3.30. The number of amides is 3. The van der Waals surface area contributed by atoms with Crippen LogP contribution in [0.2, 0.25) is 5.02 Å². The van der Waals surface area contributed by atoms with Gasteiger partial charge in [-0.05, 0) is 50.3 Å². The maximum Gasteiger partial charge on any atom is 0.243 e. The standard InChI is InChI=1S/C19H24ClN3O3/c1-12-2-5-16(15(20)10-12)22-17(24)11-21-18(25)13-6-8-23(9-7-13)19(26)14-3-4-14/h2,5,10,13-14H,3-4,6-9,11H2,1H3,(H,21,25)(H,22,24). The van der Waals surface area contributed by atoms with Crippen LogP contribution in [0.1, 0.15) is 31.2 Å². The van der Waals surface area contributed by atoms with E-state index in [-0.39, 0.29) is 36.1 Å². The minimum Gasteiger partial charge on any atom is -0.347 e. The second kappa shape index (κ2) is 8.08. The number of piperidine rings is 1. The highest BCUT2D eigenvalue weighted by Gasteiger charge is 2.35. The molecule has 1 aliphatic carbocycles. The number of nitrogens with zero attached hydrogens (tertiary/aromatic N) is 1. The lowest BCUT2D eigenvalue weighted by atomic mass is 9.95. The SMILES string of the molecule is Cc1ccc(NC(=O)CNC(=O)C2CCN(C(=O)C3CC3)CC2)c(Cl)c1. The fourth-order valence-electron chi connectivity index (χ4n) is 3.18. The number of rotatable bonds is 5. The summed E-state index contributed by atoms with van der Waals surface area (Å²) >= 11 is 6.09. The second-order valence-electron chi connectivity index (χ2n) is 7.12. The monoisotopic (exact) mass is 377 g/mol. The van der Waals surface area contributed by atoms with Crippen molar-refractivity contribution in [1.82, 2.24) is 10.2 Å². The molecule has 26 heavy (non-hydrogen) atoms. The van der Waals surface area contributed by atoms with Crippen LogP contribution in [-0.2, 0) is 14.4 Å². The summed E-state index contributed by atoms with van der Waals surface area (Å²) < 4.78 is 0. The molecule has 0 atom stereocenters. The minimum atomic E-state index is -0.314. The van der Waals surface area contributed by atoms with Crippen LogP contribution < -0.4 is 10.6 Å². The van der Waals surface area contributed by atoms with Crippen molar-refractivity contribution in [3.05, 3.63) is 28.8 Å². The summed E-state index contributed by atoms with van der Waals surface area (Å²) in [4.78, 5) is 38.2. The zero-order valence-electron chi connectivity index (χ0n) is 14.9. The molecule has 1 aromatic rings. The van der Waals surface area contributed by atoms with Crippen molar-refractivity contribution in [1.29, 1.82) is 0 Å². The third kappa shape index (κ3) is 4.75. The predicted molar refractivity (Wildman–Crippen MR) is 99.9 cm³/mol. The van der Waals surface area contributed by atoms with Crippen LogP contribution in [0.4, 0.5) is 5.69 Å². The van der Waals surface area contributed by atoms with Gasteiger partial charge in [0.1, 0.15) is 0 Å². The van der Waals surface area contributed by atoms with Gasteiger partial charge in [-0.2, -0.15) is 0 Å². The lowest BCUT2D eigenvalue weighted by Gasteiger charge is -2.31. The molecule has 1 heterocycles. The quantitative estimate of drug-likeness (QED) is 0.826. The van der Waals surface area contributed by atoms with Crippen molar-refractivity contribution < 1.29 is 14.4 Å². The van der Waals surface area contributed by atoms with Gasteiger partial charge < -0.3 is 15.5 Å². The fourth-order valence-corrected chi connectivity index (χ4v) is 3.46. The van der Waals surface area contributed by atoms with Gasteiger partial charge in [0.25, 0.3) is 0 Å². The Bertz CT molecular complexity index is 710. The van der Waals surface area contributed by atoms with Gasteiger partial charge >= 0.3 is 0 Å². The number of hydrogen-bond acceptors (Lipinski definition) is 3. The molecule has 3 rings (SSSR count). The molecule has 0 bridgehead atoms. The third-order valence-corrected chi connectivity index (χ3v) is 5.24. The summed E-state index contributed by atoms with van der Waals surface area (Å²) in [5, 5.41) is 5.85. The Morgan fingerprint density at radius 3 is 2.42 bits per heavy atom. The van der Waals surface area contributed by atoms with Crippen molar-refractivity contribution >= 4 is 35.0 Å². The van der Waals surface area contributed by atoms with Gasteiger partial charge in [0.15, 0.2) is 0 Å².